The number of likely N-dealkylation sites (tertiary alicyclic amines) is 3. The molecule has 4 fully saturated rings. The van der Waals surface area contributed by atoms with Crippen LogP contribution in [0.2, 0.25) is 0 Å². The molecule has 10 heteroatoms. The molecule has 198 valence electrons. The smallest absolute Gasteiger partial charge is 0.408 e. The number of nitrogens with one attached hydrogen (secondary N) is 1. The average Bonchev–Trinajstić information content (AvgIpc) is 3.15. The van der Waals surface area contributed by atoms with Gasteiger partial charge >= 0.3 is 6.09 Å². The first-order valence-corrected chi connectivity index (χ1v) is 13.0. The standard InChI is InChI=1S/C27H34FN5O4/c1-15(19-7-5-6-8-20(19)28)32-18-11-23(25(32)35)31(13-18)14-21(30-26(36)37-27(2,3)4)24(34)33-17(12-29)9-16-10-22(16)33/h5-8,15-18,21-23H,9-11,13-14H2,1-4H3,(H,30,36)/t15-,16-,17+,18?,21+,22+,23-/m1/s1. The zero-order valence-corrected chi connectivity index (χ0v) is 21.7. The van der Waals surface area contributed by atoms with E-state index in [0.717, 1.165) is 6.42 Å². The largest absolute Gasteiger partial charge is 0.444 e. The summed E-state index contributed by atoms with van der Waals surface area (Å²) in [7, 11) is 0. The number of piperidine rings is 1. The second-order valence-electron chi connectivity index (χ2n) is 11.7. The van der Waals surface area contributed by atoms with Crippen molar-refractivity contribution in [1.29, 1.82) is 5.26 Å². The number of benzene rings is 1. The van der Waals surface area contributed by atoms with Crippen LogP contribution in [0.3, 0.4) is 0 Å². The van der Waals surface area contributed by atoms with Crippen LogP contribution in [0.4, 0.5) is 9.18 Å². The lowest BCUT2D eigenvalue weighted by molar-refractivity contribution is -0.141. The molecule has 37 heavy (non-hydrogen) atoms. The molecule has 7 atom stereocenters. The fourth-order valence-electron chi connectivity index (χ4n) is 6.30. The molecule has 1 aromatic rings. The molecule has 3 heterocycles. The van der Waals surface area contributed by atoms with Gasteiger partial charge in [-0.3, -0.25) is 14.5 Å². The Morgan fingerprint density at radius 3 is 2.62 bits per heavy atom. The molecule has 3 amide bonds. The van der Waals surface area contributed by atoms with Crippen LogP contribution in [0.25, 0.3) is 0 Å². The first kappa shape index (κ1) is 25.5. The van der Waals surface area contributed by atoms with Crippen molar-refractivity contribution < 1.29 is 23.5 Å². The Morgan fingerprint density at radius 2 is 1.97 bits per heavy atom. The number of carbonyl (C=O) groups excluding carboxylic acids is 3. The van der Waals surface area contributed by atoms with E-state index >= 15 is 0 Å². The molecule has 1 saturated carbocycles. The molecule has 0 spiro atoms. The number of hydrogen-bond acceptors (Lipinski definition) is 6. The lowest BCUT2D eigenvalue weighted by Gasteiger charge is -2.39. The number of piperazine rings is 1. The van der Waals surface area contributed by atoms with E-state index in [1.807, 2.05) is 11.8 Å². The summed E-state index contributed by atoms with van der Waals surface area (Å²) in [5.41, 5.74) is -0.265. The molecule has 0 radical (unpaired) electrons. The highest BCUT2D eigenvalue weighted by atomic mass is 19.1. The van der Waals surface area contributed by atoms with E-state index in [2.05, 4.69) is 11.4 Å². The molecule has 1 N–H and O–H groups in total. The minimum Gasteiger partial charge on any atom is -0.444 e. The van der Waals surface area contributed by atoms with Gasteiger partial charge in [0.1, 0.15) is 23.5 Å². The van der Waals surface area contributed by atoms with Gasteiger partial charge in [0.2, 0.25) is 11.8 Å². The number of nitriles is 1. The number of carbonyl (C=O) groups is 3. The molecule has 1 aromatic carbocycles. The van der Waals surface area contributed by atoms with Gasteiger partial charge in [-0.05, 0) is 58.9 Å². The summed E-state index contributed by atoms with van der Waals surface area (Å²) < 4.78 is 19.8. The maximum absolute atomic E-state index is 14.4. The molecular weight excluding hydrogens is 477 g/mol. The molecule has 0 aromatic heterocycles. The molecule has 2 bridgehead atoms. The fraction of sp³-hybridized carbons (Fsp3) is 0.630. The Kier molecular flexibility index (Phi) is 6.39. The number of alkyl carbamates (subject to hydrolysis) is 1. The van der Waals surface area contributed by atoms with Crippen molar-refractivity contribution in [3.63, 3.8) is 0 Å². The van der Waals surface area contributed by atoms with E-state index in [1.165, 1.54) is 6.07 Å². The van der Waals surface area contributed by atoms with E-state index in [1.54, 1.807) is 48.8 Å². The molecular formula is C27H34FN5O4. The van der Waals surface area contributed by atoms with Crippen LogP contribution in [0.5, 0.6) is 0 Å². The van der Waals surface area contributed by atoms with Crippen LogP contribution in [0.15, 0.2) is 24.3 Å². The van der Waals surface area contributed by atoms with Gasteiger partial charge < -0.3 is 19.9 Å². The molecule has 3 saturated heterocycles. The molecule has 4 aliphatic rings. The SMILES string of the molecule is C[C@H](c1ccccc1F)N1C(=O)[C@H]2CC1CN2C[C@H](NC(=O)OC(C)(C)C)C(=O)N1[C@H](C#N)C[C@@H]2C[C@@H]21. The summed E-state index contributed by atoms with van der Waals surface area (Å²) in [6.07, 6.45) is 1.40. The number of hydrogen-bond donors (Lipinski definition) is 1. The first-order valence-electron chi connectivity index (χ1n) is 13.0. The van der Waals surface area contributed by atoms with E-state index in [4.69, 9.17) is 4.74 Å². The normalized spacial score (nSPS) is 30.1. The Bertz CT molecular complexity index is 1150. The number of fused-ring (bicyclic) bond motifs is 3. The highest BCUT2D eigenvalue weighted by molar-refractivity contribution is 5.89. The van der Waals surface area contributed by atoms with Gasteiger partial charge in [-0.25, -0.2) is 9.18 Å². The molecule has 9 nitrogen and oxygen atoms in total. The average molecular weight is 512 g/mol. The minimum atomic E-state index is -0.949. The monoisotopic (exact) mass is 511 g/mol. The van der Waals surface area contributed by atoms with Gasteiger partial charge in [-0.1, -0.05) is 18.2 Å². The number of nitrogens with zero attached hydrogens (tertiary/aromatic N) is 4. The fourth-order valence-corrected chi connectivity index (χ4v) is 6.30. The third kappa shape index (κ3) is 4.77. The van der Waals surface area contributed by atoms with E-state index in [0.29, 0.717) is 30.9 Å². The second-order valence-corrected chi connectivity index (χ2v) is 11.7. The van der Waals surface area contributed by atoms with Crippen LogP contribution >= 0.6 is 0 Å². The zero-order chi connectivity index (χ0) is 26.6. The van der Waals surface area contributed by atoms with E-state index in [9.17, 15) is 24.0 Å². The Hall–Kier alpha value is -3.19. The highest BCUT2D eigenvalue weighted by Gasteiger charge is 2.56. The summed E-state index contributed by atoms with van der Waals surface area (Å²) in [6, 6.07) is 6.31. The summed E-state index contributed by atoms with van der Waals surface area (Å²) in [4.78, 5) is 45.0. The van der Waals surface area contributed by atoms with Gasteiger partial charge in [0.05, 0.1) is 18.2 Å². The van der Waals surface area contributed by atoms with Gasteiger partial charge in [-0.2, -0.15) is 5.26 Å². The predicted octanol–water partition coefficient (Wildman–Crippen LogP) is 2.58. The van der Waals surface area contributed by atoms with E-state index < -0.39 is 35.9 Å². The maximum atomic E-state index is 14.4. The summed E-state index contributed by atoms with van der Waals surface area (Å²) in [5, 5.41) is 12.3. The molecule has 1 aliphatic carbocycles. The number of amides is 3. The van der Waals surface area contributed by atoms with Crippen molar-refractivity contribution in [2.24, 2.45) is 5.92 Å². The predicted molar refractivity (Wildman–Crippen MR) is 131 cm³/mol. The van der Waals surface area contributed by atoms with Crippen LogP contribution in [-0.4, -0.2) is 81.5 Å². The molecule has 5 rings (SSSR count). The van der Waals surface area contributed by atoms with Crippen LogP contribution in [0, 0.1) is 23.1 Å². The Morgan fingerprint density at radius 1 is 1.24 bits per heavy atom. The summed E-state index contributed by atoms with van der Waals surface area (Å²) in [6.45, 7) is 7.72. The van der Waals surface area contributed by atoms with Gasteiger partial charge in [0.25, 0.3) is 0 Å². The third-order valence-corrected chi connectivity index (χ3v) is 8.00. The Balaban J connectivity index is 1.32. The number of ether oxygens (including phenoxy) is 1. The Labute approximate surface area is 216 Å². The van der Waals surface area contributed by atoms with E-state index in [-0.39, 0.29) is 36.3 Å². The van der Waals surface area contributed by atoms with Crippen LogP contribution < -0.4 is 5.32 Å². The summed E-state index contributed by atoms with van der Waals surface area (Å²) in [5.74, 6) is -0.415. The van der Waals surface area contributed by atoms with Crippen molar-refractivity contribution in [2.45, 2.75) is 88.8 Å². The topological polar surface area (TPSA) is 106 Å². The third-order valence-electron chi connectivity index (χ3n) is 8.00. The lowest BCUT2D eigenvalue weighted by atomic mass is 10.0. The number of halogens is 1. The second kappa shape index (κ2) is 9.28. The van der Waals surface area contributed by atoms with Gasteiger partial charge in [0, 0.05) is 30.7 Å². The maximum Gasteiger partial charge on any atom is 0.408 e. The van der Waals surface area contributed by atoms with Crippen molar-refractivity contribution in [3.05, 3.63) is 35.6 Å². The molecule has 3 aliphatic heterocycles. The van der Waals surface area contributed by atoms with Gasteiger partial charge in [0.15, 0.2) is 0 Å². The van der Waals surface area contributed by atoms with Crippen molar-refractivity contribution in [2.75, 3.05) is 13.1 Å². The first-order chi connectivity index (χ1) is 17.5. The summed E-state index contributed by atoms with van der Waals surface area (Å²) >= 11 is 0. The lowest BCUT2D eigenvalue weighted by Crippen LogP contribution is -2.59. The van der Waals surface area contributed by atoms with Crippen molar-refractivity contribution in [3.8, 4) is 6.07 Å². The number of rotatable bonds is 6. The van der Waals surface area contributed by atoms with Crippen LogP contribution in [0.1, 0.15) is 58.6 Å². The van der Waals surface area contributed by atoms with Crippen LogP contribution in [-0.2, 0) is 14.3 Å². The van der Waals surface area contributed by atoms with Crippen molar-refractivity contribution >= 4 is 17.9 Å². The van der Waals surface area contributed by atoms with Crippen molar-refractivity contribution in [1.82, 2.24) is 20.0 Å². The van der Waals surface area contributed by atoms with Gasteiger partial charge in [-0.15, -0.1) is 0 Å². The molecule has 1 unspecified atom stereocenters. The quantitative estimate of drug-likeness (QED) is 0.629. The minimum absolute atomic E-state index is 0.0360. The zero-order valence-electron chi connectivity index (χ0n) is 21.7. The highest BCUT2D eigenvalue weighted by Crippen LogP contribution is 2.48.